The zero-order valence-corrected chi connectivity index (χ0v) is 14.3. The van der Waals surface area contributed by atoms with Gasteiger partial charge in [0.25, 0.3) is 0 Å². The number of carbonyl (C=O) groups excluding carboxylic acids is 2. The smallest absolute Gasteiger partial charge is 0.308 e. The van der Waals surface area contributed by atoms with Crippen LogP contribution in [-0.4, -0.2) is 31.1 Å². The monoisotopic (exact) mass is 332 g/mol. The fourth-order valence-electron chi connectivity index (χ4n) is 3.65. The van der Waals surface area contributed by atoms with E-state index in [-0.39, 0.29) is 41.7 Å². The van der Waals surface area contributed by atoms with E-state index in [4.69, 9.17) is 10.5 Å². The summed E-state index contributed by atoms with van der Waals surface area (Å²) < 4.78 is 5.07. The van der Waals surface area contributed by atoms with Crippen LogP contribution in [0.4, 0.5) is 0 Å². The van der Waals surface area contributed by atoms with Gasteiger partial charge in [-0.05, 0) is 45.4 Å². The minimum absolute atomic E-state index is 0. The van der Waals surface area contributed by atoms with Gasteiger partial charge in [0.05, 0.1) is 17.9 Å². The van der Waals surface area contributed by atoms with Crippen LogP contribution in [0.2, 0.25) is 0 Å². The summed E-state index contributed by atoms with van der Waals surface area (Å²) in [6.45, 7) is 2.71. The molecule has 0 radical (unpaired) electrons. The fourth-order valence-corrected chi connectivity index (χ4v) is 3.65. The zero-order chi connectivity index (χ0) is 15.3. The number of halogens is 1. The van der Waals surface area contributed by atoms with Crippen LogP contribution in [0.1, 0.15) is 58.3 Å². The second-order valence-corrected chi connectivity index (χ2v) is 6.47. The van der Waals surface area contributed by atoms with Crippen molar-refractivity contribution in [1.29, 1.82) is 0 Å². The molecule has 0 saturated heterocycles. The van der Waals surface area contributed by atoms with Gasteiger partial charge in [-0.1, -0.05) is 12.8 Å². The third-order valence-electron chi connectivity index (χ3n) is 5.12. The maximum absolute atomic E-state index is 12.5. The van der Waals surface area contributed by atoms with Gasteiger partial charge in [0.1, 0.15) is 0 Å². The van der Waals surface area contributed by atoms with Crippen molar-refractivity contribution in [3.8, 4) is 0 Å². The van der Waals surface area contributed by atoms with Crippen molar-refractivity contribution in [2.75, 3.05) is 13.2 Å². The molecule has 0 unspecified atom stereocenters. The first-order valence-corrected chi connectivity index (χ1v) is 8.29. The largest absolute Gasteiger partial charge is 0.466 e. The molecule has 3 N–H and O–H groups in total. The Kier molecular flexibility index (Phi) is 7.63. The minimum Gasteiger partial charge on any atom is -0.466 e. The number of ether oxygens (including phenoxy) is 1. The first kappa shape index (κ1) is 19.2. The summed E-state index contributed by atoms with van der Waals surface area (Å²) in [6.07, 6.45) is 7.34. The second-order valence-electron chi connectivity index (χ2n) is 6.47. The van der Waals surface area contributed by atoms with Crippen molar-refractivity contribution in [2.45, 2.75) is 64.3 Å². The van der Waals surface area contributed by atoms with Crippen molar-refractivity contribution in [3.05, 3.63) is 0 Å². The Bertz CT molecular complexity index is 376. The molecule has 0 aromatic rings. The van der Waals surface area contributed by atoms with Crippen LogP contribution in [0.15, 0.2) is 0 Å². The Balaban J connectivity index is 0.00000242. The van der Waals surface area contributed by atoms with Crippen molar-refractivity contribution in [2.24, 2.45) is 17.1 Å². The van der Waals surface area contributed by atoms with Gasteiger partial charge in [0, 0.05) is 12.6 Å². The van der Waals surface area contributed by atoms with Gasteiger partial charge in [0.2, 0.25) is 5.91 Å². The number of rotatable bonds is 5. The number of nitrogens with one attached hydrogen (secondary N) is 1. The van der Waals surface area contributed by atoms with Crippen LogP contribution in [0, 0.1) is 11.3 Å². The lowest BCUT2D eigenvalue weighted by Gasteiger charge is -2.32. The highest BCUT2D eigenvalue weighted by Gasteiger charge is 2.41. The van der Waals surface area contributed by atoms with Gasteiger partial charge in [-0.2, -0.15) is 0 Å². The van der Waals surface area contributed by atoms with Gasteiger partial charge < -0.3 is 15.8 Å². The topological polar surface area (TPSA) is 81.4 Å². The molecule has 2 aliphatic rings. The predicted octanol–water partition coefficient (Wildman–Crippen LogP) is 2.17. The molecule has 0 aromatic carbocycles. The summed E-state index contributed by atoms with van der Waals surface area (Å²) in [7, 11) is 0. The average molecular weight is 333 g/mol. The SMILES string of the molecule is CCOC(=O)C1CCC(NC(=O)C2(CN)CCCC2)CC1.Cl. The third kappa shape index (κ3) is 4.35. The first-order valence-electron chi connectivity index (χ1n) is 8.29. The van der Waals surface area contributed by atoms with Crippen molar-refractivity contribution in [1.82, 2.24) is 5.32 Å². The minimum atomic E-state index is -0.335. The molecule has 0 bridgehead atoms. The lowest BCUT2D eigenvalue weighted by molar-refractivity contribution is -0.149. The molecule has 0 aromatic heterocycles. The number of amides is 1. The van der Waals surface area contributed by atoms with Crippen LogP contribution in [0.3, 0.4) is 0 Å². The van der Waals surface area contributed by atoms with Crippen molar-refractivity contribution < 1.29 is 14.3 Å². The maximum atomic E-state index is 12.5. The molecule has 2 saturated carbocycles. The van der Waals surface area contributed by atoms with E-state index in [0.29, 0.717) is 13.2 Å². The highest BCUT2D eigenvalue weighted by Crippen LogP contribution is 2.38. The Morgan fingerprint density at radius 3 is 2.27 bits per heavy atom. The molecule has 128 valence electrons. The van der Waals surface area contributed by atoms with E-state index in [9.17, 15) is 9.59 Å². The van der Waals surface area contributed by atoms with Crippen LogP contribution >= 0.6 is 12.4 Å². The maximum Gasteiger partial charge on any atom is 0.308 e. The van der Waals surface area contributed by atoms with E-state index in [1.807, 2.05) is 6.92 Å². The number of hydrogen-bond donors (Lipinski definition) is 2. The van der Waals surface area contributed by atoms with E-state index < -0.39 is 0 Å². The highest BCUT2D eigenvalue weighted by atomic mass is 35.5. The van der Waals surface area contributed by atoms with E-state index in [1.54, 1.807) is 0 Å². The molecular weight excluding hydrogens is 304 g/mol. The summed E-state index contributed by atoms with van der Waals surface area (Å²) >= 11 is 0. The quantitative estimate of drug-likeness (QED) is 0.756. The molecule has 6 heteroatoms. The van der Waals surface area contributed by atoms with E-state index >= 15 is 0 Å². The Labute approximate surface area is 139 Å². The highest BCUT2D eigenvalue weighted by molar-refractivity contribution is 5.85. The summed E-state index contributed by atoms with van der Waals surface area (Å²) in [4.78, 5) is 24.2. The van der Waals surface area contributed by atoms with E-state index in [2.05, 4.69) is 5.32 Å². The summed E-state index contributed by atoms with van der Waals surface area (Å²) in [6, 6.07) is 0.187. The number of hydrogen-bond acceptors (Lipinski definition) is 4. The van der Waals surface area contributed by atoms with Gasteiger partial charge in [-0.25, -0.2) is 0 Å². The van der Waals surface area contributed by atoms with Crippen LogP contribution in [-0.2, 0) is 14.3 Å². The van der Waals surface area contributed by atoms with Gasteiger partial charge >= 0.3 is 5.97 Å². The standard InChI is InChI=1S/C16H28N2O3.ClH/c1-2-21-14(19)12-5-7-13(8-6-12)18-15(20)16(11-17)9-3-4-10-16;/h12-13H,2-11,17H2,1H3,(H,18,20);1H. The zero-order valence-electron chi connectivity index (χ0n) is 13.4. The first-order chi connectivity index (χ1) is 10.1. The second kappa shape index (κ2) is 8.73. The summed E-state index contributed by atoms with van der Waals surface area (Å²) in [5.74, 6) is 0.0478. The number of nitrogens with two attached hydrogens (primary N) is 1. The molecule has 2 fully saturated rings. The van der Waals surface area contributed by atoms with Gasteiger partial charge in [-0.3, -0.25) is 9.59 Å². The normalized spacial score (nSPS) is 26.8. The fraction of sp³-hybridized carbons (Fsp3) is 0.875. The van der Waals surface area contributed by atoms with E-state index in [1.165, 1.54) is 0 Å². The molecule has 0 spiro atoms. The molecule has 0 atom stereocenters. The third-order valence-corrected chi connectivity index (χ3v) is 5.12. The van der Waals surface area contributed by atoms with Crippen LogP contribution in [0.5, 0.6) is 0 Å². The van der Waals surface area contributed by atoms with Crippen LogP contribution in [0.25, 0.3) is 0 Å². The van der Waals surface area contributed by atoms with Crippen molar-refractivity contribution in [3.63, 3.8) is 0 Å². The van der Waals surface area contributed by atoms with Gasteiger partial charge in [-0.15, -0.1) is 12.4 Å². The number of carbonyl (C=O) groups is 2. The Morgan fingerprint density at radius 2 is 1.77 bits per heavy atom. The molecule has 2 rings (SSSR count). The lowest BCUT2D eigenvalue weighted by atomic mass is 9.82. The number of esters is 1. The average Bonchev–Trinajstić information content (AvgIpc) is 2.98. The van der Waals surface area contributed by atoms with Crippen molar-refractivity contribution >= 4 is 24.3 Å². The van der Waals surface area contributed by atoms with E-state index in [0.717, 1.165) is 51.4 Å². The van der Waals surface area contributed by atoms with Crippen LogP contribution < -0.4 is 11.1 Å². The van der Waals surface area contributed by atoms with Gasteiger partial charge in [0.15, 0.2) is 0 Å². The lowest BCUT2D eigenvalue weighted by Crippen LogP contribution is -2.49. The molecule has 1 amide bonds. The summed E-state index contributed by atoms with van der Waals surface area (Å²) in [5.41, 5.74) is 5.51. The molecule has 5 nitrogen and oxygen atoms in total. The summed E-state index contributed by atoms with van der Waals surface area (Å²) in [5, 5.41) is 3.17. The Morgan fingerprint density at radius 1 is 1.18 bits per heavy atom. The molecular formula is C16H29ClN2O3. The molecule has 2 aliphatic carbocycles. The predicted molar refractivity (Wildman–Crippen MR) is 87.7 cm³/mol. The molecule has 0 heterocycles. The molecule has 0 aliphatic heterocycles. The Hall–Kier alpha value is -0.810. The molecule has 22 heavy (non-hydrogen) atoms.